The van der Waals surface area contributed by atoms with Gasteiger partial charge in [-0.15, -0.1) is 12.4 Å². The van der Waals surface area contributed by atoms with Crippen LogP contribution in [0.2, 0.25) is 0 Å². The van der Waals surface area contributed by atoms with Crippen LogP contribution in [0.15, 0.2) is 24.3 Å². The van der Waals surface area contributed by atoms with Gasteiger partial charge in [-0.2, -0.15) is 0 Å². The molecule has 76 valence electrons. The van der Waals surface area contributed by atoms with Gasteiger partial charge in [0.2, 0.25) is 0 Å². The Morgan fingerprint density at radius 3 is 2.64 bits per heavy atom. The number of hydrogen-bond donors (Lipinski definition) is 1. The molecule has 1 aromatic carbocycles. The Morgan fingerprint density at radius 2 is 1.93 bits per heavy atom. The molecule has 1 fully saturated rings. The molecule has 0 atom stereocenters. The van der Waals surface area contributed by atoms with Gasteiger partial charge in [0.15, 0.2) is 0 Å². The molecule has 1 N–H and O–H groups in total. The fraction of sp³-hybridized carbons (Fsp3) is 0.500. The van der Waals surface area contributed by atoms with E-state index in [1.54, 1.807) is 11.1 Å². The average molecular weight is 210 g/mol. The molecule has 1 aromatic rings. The van der Waals surface area contributed by atoms with Crippen molar-refractivity contribution in [2.24, 2.45) is 0 Å². The molecule has 1 spiro atoms. The Bertz CT molecular complexity index is 331. The lowest BCUT2D eigenvalue weighted by atomic mass is 9.68. The Hall–Kier alpha value is -0.530. The van der Waals surface area contributed by atoms with Gasteiger partial charge in [-0.05, 0) is 36.8 Å². The van der Waals surface area contributed by atoms with E-state index in [0.717, 1.165) is 6.54 Å². The van der Waals surface area contributed by atoms with Gasteiger partial charge in [-0.3, -0.25) is 0 Å². The third-order valence-electron chi connectivity index (χ3n) is 3.60. The lowest BCUT2D eigenvalue weighted by molar-refractivity contribution is 0.176. The molecule has 14 heavy (non-hydrogen) atoms. The monoisotopic (exact) mass is 209 g/mol. The van der Waals surface area contributed by atoms with E-state index in [0.29, 0.717) is 5.54 Å². The summed E-state index contributed by atoms with van der Waals surface area (Å²) in [5, 5.41) is 3.69. The van der Waals surface area contributed by atoms with Gasteiger partial charge in [0, 0.05) is 12.1 Å². The minimum atomic E-state index is 0. The van der Waals surface area contributed by atoms with Crippen LogP contribution in [0.1, 0.15) is 30.4 Å². The molecule has 3 rings (SSSR count). The predicted octanol–water partition coefficient (Wildman–Crippen LogP) is 2.63. The van der Waals surface area contributed by atoms with Gasteiger partial charge in [-0.1, -0.05) is 24.3 Å². The molecule has 2 aliphatic rings. The summed E-state index contributed by atoms with van der Waals surface area (Å²) < 4.78 is 0. The van der Waals surface area contributed by atoms with Crippen molar-refractivity contribution < 1.29 is 0 Å². The van der Waals surface area contributed by atoms with E-state index in [9.17, 15) is 0 Å². The van der Waals surface area contributed by atoms with E-state index < -0.39 is 0 Å². The Labute approximate surface area is 91.3 Å². The van der Waals surface area contributed by atoms with Crippen LogP contribution in [0.25, 0.3) is 0 Å². The first-order chi connectivity index (χ1) is 6.41. The van der Waals surface area contributed by atoms with Crippen molar-refractivity contribution in [3.8, 4) is 0 Å². The third kappa shape index (κ3) is 1.27. The zero-order chi connectivity index (χ0) is 8.73. The second kappa shape index (κ2) is 3.56. The highest BCUT2D eigenvalue weighted by atomic mass is 35.5. The molecular formula is C12H16ClN. The first-order valence-corrected chi connectivity index (χ1v) is 5.24. The van der Waals surface area contributed by atoms with Crippen molar-refractivity contribution in [2.45, 2.75) is 31.2 Å². The van der Waals surface area contributed by atoms with Gasteiger partial charge in [0.25, 0.3) is 0 Å². The summed E-state index contributed by atoms with van der Waals surface area (Å²) in [4.78, 5) is 0. The molecule has 1 aliphatic heterocycles. The molecule has 1 heterocycles. The van der Waals surface area contributed by atoms with Crippen molar-refractivity contribution in [1.82, 2.24) is 5.32 Å². The molecule has 2 heteroatoms. The number of nitrogens with one attached hydrogen (secondary N) is 1. The number of hydrogen-bond acceptors (Lipinski definition) is 1. The van der Waals surface area contributed by atoms with Crippen LogP contribution in [0.4, 0.5) is 0 Å². The average Bonchev–Trinajstić information content (AvgIpc) is 2.14. The minimum absolute atomic E-state index is 0. The molecular weight excluding hydrogens is 194 g/mol. The van der Waals surface area contributed by atoms with Gasteiger partial charge < -0.3 is 5.32 Å². The van der Waals surface area contributed by atoms with E-state index in [2.05, 4.69) is 29.6 Å². The van der Waals surface area contributed by atoms with Crippen LogP contribution < -0.4 is 5.32 Å². The SMILES string of the molecule is Cl.c1ccc2c(c1)CCNC21CCC1. The van der Waals surface area contributed by atoms with Crippen LogP contribution in [0.3, 0.4) is 0 Å². The molecule has 1 aliphatic carbocycles. The fourth-order valence-corrected chi connectivity index (χ4v) is 2.71. The standard InChI is InChI=1S/C12H15N.ClH/c1-2-5-11-10(4-1)6-9-13-12(11)7-3-8-12;/h1-2,4-5,13H,3,6-9H2;1H. The lowest BCUT2D eigenvalue weighted by Crippen LogP contribution is -2.51. The van der Waals surface area contributed by atoms with E-state index in [-0.39, 0.29) is 12.4 Å². The van der Waals surface area contributed by atoms with Crippen molar-refractivity contribution >= 4 is 12.4 Å². The van der Waals surface area contributed by atoms with Gasteiger partial charge in [-0.25, -0.2) is 0 Å². The van der Waals surface area contributed by atoms with Crippen LogP contribution >= 0.6 is 12.4 Å². The first kappa shape index (κ1) is 10.0. The van der Waals surface area contributed by atoms with Crippen LogP contribution in [0.5, 0.6) is 0 Å². The van der Waals surface area contributed by atoms with Crippen LogP contribution in [-0.4, -0.2) is 6.54 Å². The van der Waals surface area contributed by atoms with Crippen molar-refractivity contribution in [1.29, 1.82) is 0 Å². The molecule has 0 unspecified atom stereocenters. The lowest BCUT2D eigenvalue weighted by Gasteiger charge is -2.47. The normalized spacial score (nSPS) is 22.0. The second-order valence-corrected chi connectivity index (χ2v) is 4.27. The maximum Gasteiger partial charge on any atom is 0.0437 e. The van der Waals surface area contributed by atoms with Crippen molar-refractivity contribution in [3.05, 3.63) is 35.4 Å². The molecule has 1 saturated carbocycles. The second-order valence-electron chi connectivity index (χ2n) is 4.27. The first-order valence-electron chi connectivity index (χ1n) is 5.24. The summed E-state index contributed by atoms with van der Waals surface area (Å²) in [7, 11) is 0. The number of fused-ring (bicyclic) bond motifs is 2. The van der Waals surface area contributed by atoms with Crippen LogP contribution in [-0.2, 0) is 12.0 Å². The van der Waals surface area contributed by atoms with E-state index in [1.807, 2.05) is 0 Å². The Balaban J connectivity index is 0.000000750. The van der Waals surface area contributed by atoms with Crippen molar-refractivity contribution in [2.75, 3.05) is 6.54 Å². The quantitative estimate of drug-likeness (QED) is 0.693. The van der Waals surface area contributed by atoms with E-state index in [1.165, 1.54) is 25.7 Å². The highest BCUT2D eigenvalue weighted by Crippen LogP contribution is 2.44. The summed E-state index contributed by atoms with van der Waals surface area (Å²) >= 11 is 0. The predicted molar refractivity (Wildman–Crippen MR) is 60.9 cm³/mol. The van der Waals surface area contributed by atoms with Gasteiger partial charge >= 0.3 is 0 Å². The number of benzene rings is 1. The zero-order valence-electron chi connectivity index (χ0n) is 8.25. The fourth-order valence-electron chi connectivity index (χ4n) is 2.71. The molecule has 0 bridgehead atoms. The third-order valence-corrected chi connectivity index (χ3v) is 3.60. The van der Waals surface area contributed by atoms with E-state index in [4.69, 9.17) is 0 Å². The van der Waals surface area contributed by atoms with E-state index >= 15 is 0 Å². The summed E-state index contributed by atoms with van der Waals surface area (Å²) in [5.41, 5.74) is 3.53. The molecule has 0 saturated heterocycles. The summed E-state index contributed by atoms with van der Waals surface area (Å²) in [6.07, 6.45) is 5.27. The van der Waals surface area contributed by atoms with Gasteiger partial charge in [0.05, 0.1) is 0 Å². The largest absolute Gasteiger partial charge is 0.307 e. The van der Waals surface area contributed by atoms with Gasteiger partial charge in [0.1, 0.15) is 0 Å². The molecule has 0 radical (unpaired) electrons. The summed E-state index contributed by atoms with van der Waals surface area (Å²) in [5.74, 6) is 0. The highest BCUT2D eigenvalue weighted by Gasteiger charge is 2.40. The summed E-state index contributed by atoms with van der Waals surface area (Å²) in [6, 6.07) is 8.93. The van der Waals surface area contributed by atoms with Crippen LogP contribution in [0, 0.1) is 0 Å². The molecule has 0 amide bonds. The smallest absolute Gasteiger partial charge is 0.0437 e. The maximum atomic E-state index is 3.69. The molecule has 0 aromatic heterocycles. The molecule has 1 nitrogen and oxygen atoms in total. The maximum absolute atomic E-state index is 3.69. The highest BCUT2D eigenvalue weighted by molar-refractivity contribution is 5.85. The minimum Gasteiger partial charge on any atom is -0.307 e. The topological polar surface area (TPSA) is 12.0 Å². The Kier molecular flexibility index (Phi) is 2.54. The Morgan fingerprint density at radius 1 is 1.14 bits per heavy atom. The zero-order valence-corrected chi connectivity index (χ0v) is 9.07. The number of rotatable bonds is 0. The van der Waals surface area contributed by atoms with Crippen molar-refractivity contribution in [3.63, 3.8) is 0 Å². The number of halogens is 1. The summed E-state index contributed by atoms with van der Waals surface area (Å²) in [6.45, 7) is 1.16.